The number of para-hydroxylation sites is 1. The molecule has 3 aromatic rings. The van der Waals surface area contributed by atoms with Gasteiger partial charge >= 0.3 is 0 Å². The van der Waals surface area contributed by atoms with Crippen LogP contribution in [0.5, 0.6) is 0 Å². The van der Waals surface area contributed by atoms with Gasteiger partial charge in [0.25, 0.3) is 5.91 Å². The maximum atomic E-state index is 13.2. The van der Waals surface area contributed by atoms with Gasteiger partial charge in [0, 0.05) is 22.1 Å². The number of hydrogen-bond acceptors (Lipinski definition) is 4. The highest BCUT2D eigenvalue weighted by molar-refractivity contribution is 9.10. The van der Waals surface area contributed by atoms with Crippen LogP contribution in [0.25, 0.3) is 0 Å². The van der Waals surface area contributed by atoms with Crippen molar-refractivity contribution in [1.29, 1.82) is 0 Å². The van der Waals surface area contributed by atoms with Gasteiger partial charge in [-0.2, -0.15) is 4.99 Å². The lowest BCUT2D eigenvalue weighted by Crippen LogP contribution is -2.33. The zero-order valence-electron chi connectivity index (χ0n) is 16.8. The number of carbonyl (C=O) groups excluding carboxylic acids is 3. The van der Waals surface area contributed by atoms with Crippen molar-refractivity contribution in [1.82, 2.24) is 0 Å². The number of benzene rings is 3. The topological polar surface area (TPSA) is 78.8 Å². The summed E-state index contributed by atoms with van der Waals surface area (Å²) in [6, 6.07) is 24.8. The number of rotatable bonds is 5. The molecule has 1 aliphatic heterocycles. The number of nitrogens with zero attached hydrogens (tertiary/aromatic N) is 2. The first-order chi connectivity index (χ1) is 15.5. The highest BCUT2D eigenvalue weighted by Gasteiger charge is 2.40. The predicted octanol–water partition coefficient (Wildman–Crippen LogP) is 5.12. The molecular weight excluding hydrogens is 490 g/mol. The third kappa shape index (κ3) is 5.15. The summed E-state index contributed by atoms with van der Waals surface area (Å²) in [4.78, 5) is 44.1. The Morgan fingerprint density at radius 3 is 2.22 bits per heavy atom. The first kappa shape index (κ1) is 22.0. The lowest BCUT2D eigenvalue weighted by Gasteiger charge is -2.16. The molecule has 32 heavy (non-hydrogen) atoms. The molecular formula is C24H18BrN3O3S. The van der Waals surface area contributed by atoms with Gasteiger partial charge < -0.3 is 5.32 Å². The Morgan fingerprint density at radius 2 is 1.56 bits per heavy atom. The van der Waals surface area contributed by atoms with Crippen LogP contribution in [0.4, 0.5) is 11.4 Å². The van der Waals surface area contributed by atoms with Gasteiger partial charge in [0.05, 0.1) is 5.69 Å². The van der Waals surface area contributed by atoms with E-state index in [4.69, 9.17) is 0 Å². The molecule has 4 rings (SSSR count). The summed E-state index contributed by atoms with van der Waals surface area (Å²) < 4.78 is 0.902. The van der Waals surface area contributed by atoms with Crippen LogP contribution in [-0.2, 0) is 9.59 Å². The van der Waals surface area contributed by atoms with Crippen LogP contribution in [0.15, 0.2) is 94.4 Å². The van der Waals surface area contributed by atoms with Crippen LogP contribution in [0.3, 0.4) is 0 Å². The largest absolute Gasteiger partial charge is 0.326 e. The Morgan fingerprint density at radius 1 is 0.938 bits per heavy atom. The average molecular weight is 508 g/mol. The quantitative estimate of drug-likeness (QED) is 0.519. The van der Waals surface area contributed by atoms with Crippen LogP contribution in [-0.4, -0.2) is 28.1 Å². The minimum absolute atomic E-state index is 0.0402. The molecule has 0 bridgehead atoms. The second-order valence-electron chi connectivity index (χ2n) is 6.94. The standard InChI is InChI=1S/C24H18BrN3O3S/c25-17-11-13-18(14-12-17)26-21(29)15-20-23(31)28(19-9-5-2-6-10-19)24(32-20)27-22(30)16-7-3-1-4-8-16/h1-14,20H,15H2,(H,26,29)/t20-/m1/s1. The van der Waals surface area contributed by atoms with Crippen molar-refractivity contribution >= 4 is 62.0 Å². The van der Waals surface area contributed by atoms with Gasteiger partial charge in [-0.25, -0.2) is 0 Å². The molecule has 3 amide bonds. The fourth-order valence-electron chi connectivity index (χ4n) is 3.13. The summed E-state index contributed by atoms with van der Waals surface area (Å²) >= 11 is 4.48. The molecule has 0 spiro atoms. The average Bonchev–Trinajstić information content (AvgIpc) is 3.10. The maximum absolute atomic E-state index is 13.2. The Bertz CT molecular complexity index is 1170. The van der Waals surface area contributed by atoms with Gasteiger partial charge in [-0.3, -0.25) is 19.3 Å². The van der Waals surface area contributed by atoms with Crippen molar-refractivity contribution in [3.05, 3.63) is 95.0 Å². The molecule has 1 saturated heterocycles. The second kappa shape index (κ2) is 9.93. The summed E-state index contributed by atoms with van der Waals surface area (Å²) in [7, 11) is 0. The van der Waals surface area contributed by atoms with Crippen molar-refractivity contribution < 1.29 is 14.4 Å². The SMILES string of the molecule is O=C(C[C@H]1SC(=NC(=O)c2ccccc2)N(c2ccccc2)C1=O)Nc1ccc(Br)cc1. The summed E-state index contributed by atoms with van der Waals surface area (Å²) in [6.07, 6.45) is -0.0402. The van der Waals surface area contributed by atoms with E-state index in [2.05, 4.69) is 26.2 Å². The number of halogens is 1. The molecule has 1 atom stereocenters. The van der Waals surface area contributed by atoms with E-state index in [0.29, 0.717) is 16.9 Å². The molecule has 160 valence electrons. The van der Waals surface area contributed by atoms with Crippen LogP contribution in [0, 0.1) is 0 Å². The Balaban J connectivity index is 1.56. The van der Waals surface area contributed by atoms with Crippen molar-refractivity contribution in [2.24, 2.45) is 4.99 Å². The third-order valence-corrected chi connectivity index (χ3v) is 6.33. The second-order valence-corrected chi connectivity index (χ2v) is 9.03. The van der Waals surface area contributed by atoms with Crippen molar-refractivity contribution in [3.8, 4) is 0 Å². The minimum atomic E-state index is -0.687. The predicted molar refractivity (Wildman–Crippen MR) is 131 cm³/mol. The molecule has 0 aliphatic carbocycles. The third-order valence-electron chi connectivity index (χ3n) is 4.67. The highest BCUT2D eigenvalue weighted by atomic mass is 79.9. The van der Waals surface area contributed by atoms with E-state index >= 15 is 0 Å². The molecule has 1 heterocycles. The molecule has 0 unspecified atom stereocenters. The smallest absolute Gasteiger partial charge is 0.279 e. The van der Waals surface area contributed by atoms with E-state index in [1.165, 1.54) is 4.90 Å². The van der Waals surface area contributed by atoms with E-state index in [0.717, 1.165) is 16.2 Å². The van der Waals surface area contributed by atoms with Gasteiger partial charge in [0.2, 0.25) is 11.8 Å². The van der Waals surface area contributed by atoms with E-state index in [1.807, 2.05) is 24.3 Å². The normalized spacial score (nSPS) is 16.9. The van der Waals surface area contributed by atoms with Gasteiger partial charge in [0.15, 0.2) is 5.17 Å². The number of hydrogen-bond donors (Lipinski definition) is 1. The number of anilines is 2. The van der Waals surface area contributed by atoms with Gasteiger partial charge in [-0.05, 0) is 48.5 Å². The van der Waals surface area contributed by atoms with E-state index < -0.39 is 11.2 Å². The van der Waals surface area contributed by atoms with Gasteiger partial charge in [-0.1, -0.05) is 64.1 Å². The molecule has 1 fully saturated rings. The van der Waals surface area contributed by atoms with Crippen molar-refractivity contribution in [2.45, 2.75) is 11.7 Å². The van der Waals surface area contributed by atoms with Crippen LogP contribution < -0.4 is 10.2 Å². The molecule has 1 N–H and O–H groups in total. The molecule has 1 aliphatic rings. The summed E-state index contributed by atoms with van der Waals surface area (Å²) in [5.74, 6) is -1.02. The number of carbonyl (C=O) groups is 3. The first-order valence-electron chi connectivity index (χ1n) is 9.80. The number of nitrogens with one attached hydrogen (secondary N) is 1. The van der Waals surface area contributed by atoms with Gasteiger partial charge in [-0.15, -0.1) is 0 Å². The highest BCUT2D eigenvalue weighted by Crippen LogP contribution is 2.34. The van der Waals surface area contributed by atoms with Crippen molar-refractivity contribution in [2.75, 3.05) is 10.2 Å². The number of aliphatic imine (C=N–C) groups is 1. The lowest BCUT2D eigenvalue weighted by atomic mass is 10.2. The molecule has 6 nitrogen and oxygen atoms in total. The minimum Gasteiger partial charge on any atom is -0.326 e. The zero-order chi connectivity index (χ0) is 22.5. The molecule has 3 aromatic carbocycles. The monoisotopic (exact) mass is 507 g/mol. The molecule has 0 saturated carbocycles. The Labute approximate surface area is 197 Å². The zero-order valence-corrected chi connectivity index (χ0v) is 19.2. The summed E-state index contributed by atoms with van der Waals surface area (Å²) in [5.41, 5.74) is 1.67. The van der Waals surface area contributed by atoms with Crippen LogP contribution in [0.2, 0.25) is 0 Å². The van der Waals surface area contributed by atoms with Crippen LogP contribution >= 0.6 is 27.7 Å². The van der Waals surface area contributed by atoms with E-state index in [9.17, 15) is 14.4 Å². The summed E-state index contributed by atoms with van der Waals surface area (Å²) in [5, 5.41) is 2.38. The number of amidine groups is 1. The fraction of sp³-hybridized carbons (Fsp3) is 0.0833. The van der Waals surface area contributed by atoms with Gasteiger partial charge in [0.1, 0.15) is 5.25 Å². The first-order valence-corrected chi connectivity index (χ1v) is 11.5. The Hall–Kier alpha value is -3.23. The van der Waals surface area contributed by atoms with Crippen LogP contribution in [0.1, 0.15) is 16.8 Å². The van der Waals surface area contributed by atoms with E-state index in [-0.39, 0.29) is 23.4 Å². The fourth-order valence-corrected chi connectivity index (χ4v) is 4.53. The number of thioether (sulfide) groups is 1. The maximum Gasteiger partial charge on any atom is 0.279 e. The van der Waals surface area contributed by atoms with E-state index in [1.54, 1.807) is 60.7 Å². The number of amides is 3. The summed E-state index contributed by atoms with van der Waals surface area (Å²) in [6.45, 7) is 0. The Kier molecular flexibility index (Phi) is 6.82. The molecule has 0 radical (unpaired) electrons. The molecule has 8 heteroatoms. The molecule has 0 aromatic heterocycles. The van der Waals surface area contributed by atoms with Crippen molar-refractivity contribution in [3.63, 3.8) is 0 Å². The lowest BCUT2D eigenvalue weighted by molar-refractivity contribution is -0.121.